The molecule has 6 atom stereocenters. The maximum absolute atomic E-state index is 12.8. The van der Waals surface area contributed by atoms with Gasteiger partial charge in [0.1, 0.15) is 30.5 Å². The molecule has 4 N–H and O–H groups in total. The number of aliphatic hydroxyl groups is 4. The molecular formula is C52H88O9. The summed E-state index contributed by atoms with van der Waals surface area (Å²) in [4.78, 5) is 12.8. The lowest BCUT2D eigenvalue weighted by Gasteiger charge is -2.39. The van der Waals surface area contributed by atoms with Crippen LogP contribution < -0.4 is 0 Å². The maximum Gasteiger partial charge on any atom is 0.306 e. The Kier molecular flexibility index (Phi) is 39.4. The number of hydrogen-bond donors (Lipinski definition) is 4. The molecule has 1 fully saturated rings. The van der Waals surface area contributed by atoms with Crippen LogP contribution in [0.3, 0.4) is 0 Å². The van der Waals surface area contributed by atoms with Gasteiger partial charge in [0.25, 0.3) is 0 Å². The van der Waals surface area contributed by atoms with Crippen LogP contribution in [0.25, 0.3) is 0 Å². The van der Waals surface area contributed by atoms with Gasteiger partial charge in [-0.3, -0.25) is 4.79 Å². The van der Waals surface area contributed by atoms with Crippen molar-refractivity contribution in [3.05, 3.63) is 85.1 Å². The first kappa shape index (κ1) is 56.4. The van der Waals surface area contributed by atoms with E-state index in [4.69, 9.17) is 18.9 Å². The molecule has 1 heterocycles. The van der Waals surface area contributed by atoms with Crippen LogP contribution in [0.4, 0.5) is 0 Å². The average Bonchev–Trinajstić information content (AvgIpc) is 3.26. The molecule has 0 saturated carbocycles. The predicted molar refractivity (Wildman–Crippen MR) is 251 cm³/mol. The van der Waals surface area contributed by atoms with Gasteiger partial charge in [0, 0.05) is 13.0 Å². The van der Waals surface area contributed by atoms with E-state index in [9.17, 15) is 25.2 Å². The van der Waals surface area contributed by atoms with Crippen molar-refractivity contribution in [1.82, 2.24) is 0 Å². The number of carbonyl (C=O) groups is 1. The minimum Gasteiger partial charge on any atom is -0.457 e. The summed E-state index contributed by atoms with van der Waals surface area (Å²) in [5.41, 5.74) is 0. The van der Waals surface area contributed by atoms with Crippen LogP contribution >= 0.6 is 0 Å². The monoisotopic (exact) mass is 857 g/mol. The number of carbonyl (C=O) groups excluding carboxylic acids is 1. The second kappa shape index (κ2) is 42.7. The summed E-state index contributed by atoms with van der Waals surface area (Å²) in [5, 5.41) is 40.1. The first-order valence-electron chi connectivity index (χ1n) is 24.2. The highest BCUT2D eigenvalue weighted by atomic mass is 16.7. The largest absolute Gasteiger partial charge is 0.457 e. The third-order valence-corrected chi connectivity index (χ3v) is 10.5. The van der Waals surface area contributed by atoms with Gasteiger partial charge in [0.05, 0.1) is 19.8 Å². The van der Waals surface area contributed by atoms with Crippen LogP contribution in [0, 0.1) is 0 Å². The summed E-state index contributed by atoms with van der Waals surface area (Å²) < 4.78 is 22.8. The highest BCUT2D eigenvalue weighted by Crippen LogP contribution is 2.22. The molecule has 1 rings (SSSR count). The highest BCUT2D eigenvalue weighted by Gasteiger charge is 2.44. The van der Waals surface area contributed by atoms with Crippen LogP contribution in [0.5, 0.6) is 0 Å². The van der Waals surface area contributed by atoms with Crippen molar-refractivity contribution < 1.29 is 44.2 Å². The minimum atomic E-state index is -1.54. The van der Waals surface area contributed by atoms with Crippen LogP contribution in [0.2, 0.25) is 0 Å². The summed E-state index contributed by atoms with van der Waals surface area (Å²) >= 11 is 0. The average molecular weight is 857 g/mol. The van der Waals surface area contributed by atoms with Gasteiger partial charge in [-0.05, 0) is 89.9 Å². The topological polar surface area (TPSA) is 135 Å². The Bertz CT molecular complexity index is 1200. The fourth-order valence-corrected chi connectivity index (χ4v) is 6.78. The smallest absolute Gasteiger partial charge is 0.306 e. The van der Waals surface area contributed by atoms with E-state index >= 15 is 0 Å². The molecule has 0 bridgehead atoms. The molecule has 350 valence electrons. The van der Waals surface area contributed by atoms with Gasteiger partial charge >= 0.3 is 5.97 Å². The van der Waals surface area contributed by atoms with E-state index in [-0.39, 0.29) is 19.2 Å². The number of unbranched alkanes of at least 4 members (excludes halogenated alkanes) is 15. The maximum atomic E-state index is 12.8. The third kappa shape index (κ3) is 33.6. The van der Waals surface area contributed by atoms with E-state index in [1.54, 1.807) is 0 Å². The molecule has 1 aliphatic heterocycles. The number of esters is 1. The molecule has 9 nitrogen and oxygen atoms in total. The molecule has 0 aromatic carbocycles. The molecular weight excluding hydrogens is 769 g/mol. The zero-order chi connectivity index (χ0) is 44.3. The fourth-order valence-electron chi connectivity index (χ4n) is 6.78. The molecule has 9 heteroatoms. The number of hydrogen-bond acceptors (Lipinski definition) is 9. The zero-order valence-corrected chi connectivity index (χ0v) is 38.4. The molecule has 0 aromatic heterocycles. The summed E-state index contributed by atoms with van der Waals surface area (Å²) in [7, 11) is 0. The van der Waals surface area contributed by atoms with Gasteiger partial charge in [0.2, 0.25) is 0 Å². The van der Waals surface area contributed by atoms with E-state index in [2.05, 4.69) is 98.9 Å². The summed E-state index contributed by atoms with van der Waals surface area (Å²) in [6.45, 7) is 4.36. The highest BCUT2D eigenvalue weighted by molar-refractivity contribution is 5.69. The van der Waals surface area contributed by atoms with Gasteiger partial charge in [-0.25, -0.2) is 0 Å². The molecule has 61 heavy (non-hydrogen) atoms. The molecule has 6 unspecified atom stereocenters. The third-order valence-electron chi connectivity index (χ3n) is 10.5. The first-order valence-corrected chi connectivity index (χ1v) is 24.2. The second-order valence-corrected chi connectivity index (χ2v) is 16.2. The Morgan fingerprint density at radius 1 is 0.541 bits per heavy atom. The first-order chi connectivity index (χ1) is 29.9. The standard InChI is InChI=1S/C52H88O9/c1-3-5-7-9-11-13-15-17-18-19-20-21-22-23-24-25-26-27-28-29-30-32-34-36-38-40-42-58-44-46(45-59-52-51(57)50(56)49(55)47(43-53)61-52)60-48(54)41-39-37-35-33-31-16-14-12-10-8-6-4-2/h5,7,11-14,17-18,20-21,23-24,26-27,46-47,49-53,55-57H,3-4,6,8-10,15-16,19,22,25,28-45H2,1-2H3/b7-5-,13-11-,14-12-,18-17-,21-20-,24-23-,27-26-. The SMILES string of the molecule is CC/C=C\C/C=C\C/C=C\C/C=C\C/C=C\C/C=C\CCCCCCCCCOCC(COC1OC(CO)C(O)C(O)C1O)OC(=O)CCCCCCC/C=C\CCCCC. The normalized spacial score (nSPS) is 20.7. The summed E-state index contributed by atoms with van der Waals surface area (Å²) in [5.74, 6) is -0.332. The summed E-state index contributed by atoms with van der Waals surface area (Å²) in [6, 6.07) is 0. The fraction of sp³-hybridized carbons (Fsp3) is 0.712. The number of rotatable bonds is 40. The van der Waals surface area contributed by atoms with E-state index < -0.39 is 43.4 Å². The minimum absolute atomic E-state index is 0.126. The van der Waals surface area contributed by atoms with Crippen molar-refractivity contribution in [1.29, 1.82) is 0 Å². The Labute approximate surface area is 371 Å². The van der Waals surface area contributed by atoms with Gasteiger partial charge in [-0.1, -0.05) is 163 Å². The predicted octanol–water partition coefficient (Wildman–Crippen LogP) is 11.4. The summed E-state index contributed by atoms with van der Waals surface area (Å²) in [6.07, 6.45) is 50.4. The van der Waals surface area contributed by atoms with Crippen LogP contribution in [-0.2, 0) is 23.7 Å². The number of aliphatic hydroxyl groups excluding tert-OH is 4. The molecule has 1 saturated heterocycles. The molecule has 0 aliphatic carbocycles. The van der Waals surface area contributed by atoms with Crippen molar-refractivity contribution in [2.45, 2.75) is 211 Å². The Balaban J connectivity index is 2.21. The van der Waals surface area contributed by atoms with Gasteiger partial charge < -0.3 is 39.4 Å². The lowest BCUT2D eigenvalue weighted by molar-refractivity contribution is -0.305. The molecule has 0 amide bonds. The lowest BCUT2D eigenvalue weighted by atomic mass is 9.99. The van der Waals surface area contributed by atoms with E-state index in [1.165, 1.54) is 51.4 Å². The Morgan fingerprint density at radius 2 is 1.00 bits per heavy atom. The Hall–Kier alpha value is -2.63. The quantitative estimate of drug-likeness (QED) is 0.0270. The van der Waals surface area contributed by atoms with Crippen molar-refractivity contribution in [3.63, 3.8) is 0 Å². The van der Waals surface area contributed by atoms with Crippen molar-refractivity contribution in [2.24, 2.45) is 0 Å². The van der Waals surface area contributed by atoms with Crippen molar-refractivity contribution in [2.75, 3.05) is 26.4 Å². The zero-order valence-electron chi connectivity index (χ0n) is 38.4. The molecule has 0 radical (unpaired) electrons. The van der Waals surface area contributed by atoms with E-state index in [0.717, 1.165) is 103 Å². The molecule has 1 aliphatic rings. The Morgan fingerprint density at radius 3 is 1.52 bits per heavy atom. The van der Waals surface area contributed by atoms with Crippen LogP contribution in [0.15, 0.2) is 85.1 Å². The number of ether oxygens (including phenoxy) is 4. The molecule has 0 aromatic rings. The van der Waals surface area contributed by atoms with Crippen molar-refractivity contribution in [3.8, 4) is 0 Å². The van der Waals surface area contributed by atoms with Gasteiger partial charge in [-0.2, -0.15) is 0 Å². The van der Waals surface area contributed by atoms with Crippen molar-refractivity contribution >= 4 is 5.97 Å². The molecule has 0 spiro atoms. The number of allylic oxidation sites excluding steroid dienone is 14. The van der Waals surface area contributed by atoms with E-state index in [0.29, 0.717) is 13.0 Å². The second-order valence-electron chi connectivity index (χ2n) is 16.2. The van der Waals surface area contributed by atoms with Crippen LogP contribution in [-0.4, -0.2) is 89.6 Å². The van der Waals surface area contributed by atoms with Gasteiger partial charge in [0.15, 0.2) is 6.29 Å². The lowest BCUT2D eigenvalue weighted by Crippen LogP contribution is -2.59. The van der Waals surface area contributed by atoms with E-state index in [1.807, 2.05) is 0 Å². The van der Waals surface area contributed by atoms with Gasteiger partial charge in [-0.15, -0.1) is 0 Å². The van der Waals surface area contributed by atoms with Crippen LogP contribution in [0.1, 0.15) is 174 Å².